The largest absolute Gasteiger partial charge is 0.479 e. The van der Waals surface area contributed by atoms with Crippen molar-refractivity contribution < 1.29 is 14.3 Å². The molecule has 0 aromatic heterocycles. The molecule has 0 saturated heterocycles. The molecule has 1 aromatic rings. The van der Waals surface area contributed by atoms with Crippen molar-refractivity contribution in [1.29, 1.82) is 0 Å². The number of ether oxygens (including phenoxy) is 2. The Labute approximate surface area is 112 Å². The summed E-state index contributed by atoms with van der Waals surface area (Å²) in [5, 5.41) is 0.639. The van der Waals surface area contributed by atoms with Crippen LogP contribution >= 0.6 is 11.6 Å². The van der Waals surface area contributed by atoms with Crippen LogP contribution in [0.25, 0.3) is 0 Å². The van der Waals surface area contributed by atoms with E-state index in [1.54, 1.807) is 31.2 Å². The Kier molecular flexibility index (Phi) is 4.12. The standard InChI is InChI=1S/C14H17ClO3/c1-9-7-11(9)8-17-14(16)10(2)18-13-5-3-12(15)4-6-13/h3-6,9-11H,7-8H2,1-2H3. The lowest BCUT2D eigenvalue weighted by Crippen LogP contribution is -2.26. The van der Waals surface area contributed by atoms with E-state index in [1.807, 2.05) is 0 Å². The summed E-state index contributed by atoms with van der Waals surface area (Å²) in [7, 11) is 0. The Morgan fingerprint density at radius 2 is 2.06 bits per heavy atom. The van der Waals surface area contributed by atoms with Crippen molar-refractivity contribution in [1.82, 2.24) is 0 Å². The van der Waals surface area contributed by atoms with E-state index in [-0.39, 0.29) is 5.97 Å². The Bertz CT molecular complexity index is 416. The number of rotatable bonds is 5. The van der Waals surface area contributed by atoms with Gasteiger partial charge in [-0.15, -0.1) is 0 Å². The highest BCUT2D eigenvalue weighted by Gasteiger charge is 2.34. The summed E-state index contributed by atoms with van der Waals surface area (Å²) in [4.78, 5) is 11.7. The monoisotopic (exact) mass is 268 g/mol. The van der Waals surface area contributed by atoms with E-state index < -0.39 is 6.10 Å². The van der Waals surface area contributed by atoms with Gasteiger partial charge in [0.15, 0.2) is 6.10 Å². The normalized spacial score (nSPS) is 23.3. The van der Waals surface area contributed by atoms with Crippen molar-refractivity contribution in [3.63, 3.8) is 0 Å². The Morgan fingerprint density at radius 1 is 1.44 bits per heavy atom. The molecule has 1 fully saturated rings. The predicted octanol–water partition coefficient (Wildman–Crippen LogP) is 3.31. The third-order valence-electron chi connectivity index (χ3n) is 3.17. The molecule has 0 bridgehead atoms. The maximum atomic E-state index is 11.7. The lowest BCUT2D eigenvalue weighted by atomic mass is 10.3. The number of carbonyl (C=O) groups excluding carboxylic acids is 1. The fourth-order valence-corrected chi connectivity index (χ4v) is 1.83. The number of hydrogen-bond acceptors (Lipinski definition) is 3. The van der Waals surface area contributed by atoms with Crippen molar-refractivity contribution in [2.45, 2.75) is 26.4 Å². The van der Waals surface area contributed by atoms with Gasteiger partial charge in [-0.05, 0) is 49.4 Å². The molecule has 3 unspecified atom stereocenters. The molecule has 98 valence electrons. The quantitative estimate of drug-likeness (QED) is 0.769. The number of esters is 1. The second kappa shape index (κ2) is 5.61. The van der Waals surface area contributed by atoms with E-state index in [1.165, 1.54) is 0 Å². The molecule has 3 nitrogen and oxygen atoms in total. The maximum Gasteiger partial charge on any atom is 0.347 e. The summed E-state index contributed by atoms with van der Waals surface area (Å²) in [6.45, 7) is 4.35. The van der Waals surface area contributed by atoms with Crippen molar-refractivity contribution in [3.8, 4) is 5.75 Å². The fraction of sp³-hybridized carbons (Fsp3) is 0.500. The molecule has 0 N–H and O–H groups in total. The first-order chi connectivity index (χ1) is 8.56. The summed E-state index contributed by atoms with van der Waals surface area (Å²) >= 11 is 5.77. The van der Waals surface area contributed by atoms with Crippen molar-refractivity contribution in [2.24, 2.45) is 11.8 Å². The lowest BCUT2D eigenvalue weighted by molar-refractivity contribution is -0.151. The van der Waals surface area contributed by atoms with Crippen LogP contribution in [0.4, 0.5) is 0 Å². The number of hydrogen-bond donors (Lipinski definition) is 0. The predicted molar refractivity (Wildman–Crippen MR) is 69.8 cm³/mol. The first-order valence-electron chi connectivity index (χ1n) is 6.15. The van der Waals surface area contributed by atoms with Gasteiger partial charge in [-0.2, -0.15) is 0 Å². The van der Waals surface area contributed by atoms with E-state index in [2.05, 4.69) is 6.92 Å². The molecule has 2 rings (SSSR count). The summed E-state index contributed by atoms with van der Waals surface area (Å²) in [6.07, 6.45) is 0.555. The molecule has 3 atom stereocenters. The second-order valence-electron chi connectivity index (χ2n) is 4.82. The number of benzene rings is 1. The van der Waals surface area contributed by atoms with Gasteiger partial charge < -0.3 is 9.47 Å². The third-order valence-corrected chi connectivity index (χ3v) is 3.43. The summed E-state index contributed by atoms with van der Waals surface area (Å²) < 4.78 is 10.7. The van der Waals surface area contributed by atoms with Crippen LogP contribution < -0.4 is 4.74 Å². The third kappa shape index (κ3) is 3.64. The molecule has 1 saturated carbocycles. The van der Waals surface area contributed by atoms with Gasteiger partial charge >= 0.3 is 5.97 Å². The van der Waals surface area contributed by atoms with Gasteiger partial charge in [-0.25, -0.2) is 4.79 Å². The van der Waals surface area contributed by atoms with Crippen LogP contribution in [0.15, 0.2) is 24.3 Å². The minimum absolute atomic E-state index is 0.316. The summed E-state index contributed by atoms with van der Waals surface area (Å²) in [5.74, 6) is 1.52. The van der Waals surface area contributed by atoms with Gasteiger partial charge in [0.1, 0.15) is 5.75 Å². The molecule has 0 heterocycles. The molecule has 1 aliphatic rings. The first-order valence-corrected chi connectivity index (χ1v) is 6.53. The summed E-state index contributed by atoms with van der Waals surface area (Å²) in [5.41, 5.74) is 0. The van der Waals surface area contributed by atoms with E-state index in [9.17, 15) is 4.79 Å². The van der Waals surface area contributed by atoms with Crippen LogP contribution in [-0.4, -0.2) is 18.7 Å². The smallest absolute Gasteiger partial charge is 0.347 e. The minimum atomic E-state index is -0.597. The Balaban J connectivity index is 1.77. The molecular weight excluding hydrogens is 252 g/mol. The molecule has 18 heavy (non-hydrogen) atoms. The molecule has 0 radical (unpaired) electrons. The van der Waals surface area contributed by atoms with Gasteiger partial charge in [0, 0.05) is 5.02 Å². The molecule has 0 amide bonds. The topological polar surface area (TPSA) is 35.5 Å². The van der Waals surface area contributed by atoms with Gasteiger partial charge in [-0.1, -0.05) is 18.5 Å². The van der Waals surface area contributed by atoms with Gasteiger partial charge in [0.2, 0.25) is 0 Å². The van der Waals surface area contributed by atoms with E-state index in [0.29, 0.717) is 29.2 Å². The van der Waals surface area contributed by atoms with Crippen molar-refractivity contribution >= 4 is 17.6 Å². The van der Waals surface area contributed by atoms with Crippen molar-refractivity contribution in [2.75, 3.05) is 6.61 Å². The average Bonchev–Trinajstić information content (AvgIpc) is 3.05. The van der Waals surface area contributed by atoms with Gasteiger partial charge in [-0.3, -0.25) is 0 Å². The summed E-state index contributed by atoms with van der Waals surface area (Å²) in [6, 6.07) is 6.91. The van der Waals surface area contributed by atoms with E-state index in [4.69, 9.17) is 21.1 Å². The highest BCUT2D eigenvalue weighted by molar-refractivity contribution is 6.30. The fourth-order valence-electron chi connectivity index (χ4n) is 1.70. The average molecular weight is 269 g/mol. The van der Waals surface area contributed by atoms with Crippen LogP contribution in [-0.2, 0) is 9.53 Å². The minimum Gasteiger partial charge on any atom is -0.479 e. The SMILES string of the molecule is CC(Oc1ccc(Cl)cc1)C(=O)OCC1CC1C. The van der Waals surface area contributed by atoms with Crippen LogP contribution in [0.3, 0.4) is 0 Å². The van der Waals surface area contributed by atoms with Crippen LogP contribution in [0.2, 0.25) is 5.02 Å². The molecular formula is C14H17ClO3. The first kappa shape index (κ1) is 13.2. The van der Waals surface area contributed by atoms with E-state index >= 15 is 0 Å². The van der Waals surface area contributed by atoms with Crippen LogP contribution in [0.1, 0.15) is 20.3 Å². The molecule has 0 aliphatic heterocycles. The van der Waals surface area contributed by atoms with Crippen LogP contribution in [0, 0.1) is 11.8 Å². The zero-order valence-electron chi connectivity index (χ0n) is 10.6. The maximum absolute atomic E-state index is 11.7. The van der Waals surface area contributed by atoms with Crippen molar-refractivity contribution in [3.05, 3.63) is 29.3 Å². The Morgan fingerprint density at radius 3 is 2.61 bits per heavy atom. The van der Waals surface area contributed by atoms with Gasteiger partial charge in [0.25, 0.3) is 0 Å². The highest BCUT2D eigenvalue weighted by Crippen LogP contribution is 2.37. The zero-order chi connectivity index (χ0) is 13.1. The molecule has 0 spiro atoms. The second-order valence-corrected chi connectivity index (χ2v) is 5.25. The lowest BCUT2D eigenvalue weighted by Gasteiger charge is -2.13. The Hall–Kier alpha value is -1.22. The highest BCUT2D eigenvalue weighted by atomic mass is 35.5. The zero-order valence-corrected chi connectivity index (χ0v) is 11.3. The van der Waals surface area contributed by atoms with E-state index in [0.717, 1.165) is 6.42 Å². The van der Waals surface area contributed by atoms with Crippen LogP contribution in [0.5, 0.6) is 5.75 Å². The molecule has 4 heteroatoms. The molecule has 1 aliphatic carbocycles. The number of carbonyl (C=O) groups is 1. The van der Waals surface area contributed by atoms with Gasteiger partial charge in [0.05, 0.1) is 6.61 Å². The number of halogens is 1. The molecule has 1 aromatic carbocycles.